The van der Waals surface area contributed by atoms with Gasteiger partial charge in [0.2, 0.25) is 0 Å². The largest absolute Gasteiger partial charge is 0.329 e. The smallest absolute Gasteiger partial charge is 0.0329 e. The van der Waals surface area contributed by atoms with E-state index >= 15 is 0 Å². The number of hydrogen-bond donors (Lipinski definition) is 1. The van der Waals surface area contributed by atoms with Crippen LogP contribution in [0.3, 0.4) is 0 Å². The van der Waals surface area contributed by atoms with E-state index in [1.165, 1.54) is 84.0 Å². The molecule has 1 atom stereocenters. The molecule has 2 heterocycles. The molecule has 3 heteroatoms. The van der Waals surface area contributed by atoms with Gasteiger partial charge in [-0.3, -0.25) is 4.90 Å². The van der Waals surface area contributed by atoms with Gasteiger partial charge in [0.25, 0.3) is 0 Å². The second-order valence-corrected chi connectivity index (χ2v) is 7.20. The standard InChI is InChI=1S/C18H37N3/c1-3-5-11-18(4-2,16-19)21-14-9-17(10-15-21)20-12-7-6-8-13-20/h17H,3-16,19H2,1-2H3. The van der Waals surface area contributed by atoms with Crippen molar-refractivity contribution in [3.8, 4) is 0 Å². The first kappa shape index (κ1) is 17.2. The molecule has 2 fully saturated rings. The van der Waals surface area contributed by atoms with E-state index in [2.05, 4.69) is 23.6 Å². The summed E-state index contributed by atoms with van der Waals surface area (Å²) in [6.45, 7) is 10.7. The summed E-state index contributed by atoms with van der Waals surface area (Å²) in [7, 11) is 0. The lowest BCUT2D eigenvalue weighted by molar-refractivity contribution is 0.0205. The predicted molar refractivity (Wildman–Crippen MR) is 91.6 cm³/mol. The summed E-state index contributed by atoms with van der Waals surface area (Å²) in [5, 5.41) is 0. The van der Waals surface area contributed by atoms with E-state index in [0.717, 1.165) is 12.6 Å². The molecule has 0 aromatic rings. The van der Waals surface area contributed by atoms with Crippen LogP contribution in [0.25, 0.3) is 0 Å². The maximum Gasteiger partial charge on any atom is 0.0329 e. The molecule has 21 heavy (non-hydrogen) atoms. The highest BCUT2D eigenvalue weighted by Gasteiger charge is 2.36. The Hall–Kier alpha value is -0.120. The fourth-order valence-electron chi connectivity index (χ4n) is 4.43. The van der Waals surface area contributed by atoms with Gasteiger partial charge in [-0.05, 0) is 51.6 Å². The number of hydrogen-bond acceptors (Lipinski definition) is 3. The molecule has 2 aliphatic rings. The van der Waals surface area contributed by atoms with E-state index in [1.807, 2.05) is 0 Å². The van der Waals surface area contributed by atoms with Crippen LogP contribution in [0.5, 0.6) is 0 Å². The lowest BCUT2D eigenvalue weighted by Gasteiger charge is -2.48. The highest BCUT2D eigenvalue weighted by atomic mass is 15.2. The SMILES string of the molecule is CCCCC(CC)(CN)N1CCC(N2CCCCC2)CC1. The Kier molecular flexibility index (Phi) is 6.97. The van der Waals surface area contributed by atoms with Crippen LogP contribution in [0, 0.1) is 0 Å². The second kappa shape index (κ2) is 8.50. The molecule has 0 amide bonds. The van der Waals surface area contributed by atoms with Gasteiger partial charge in [-0.1, -0.05) is 33.1 Å². The number of rotatable bonds is 7. The van der Waals surface area contributed by atoms with E-state index in [9.17, 15) is 0 Å². The Morgan fingerprint density at radius 1 is 1.00 bits per heavy atom. The second-order valence-electron chi connectivity index (χ2n) is 7.20. The molecular weight excluding hydrogens is 258 g/mol. The molecular formula is C18H37N3. The van der Waals surface area contributed by atoms with E-state index in [4.69, 9.17) is 5.73 Å². The van der Waals surface area contributed by atoms with Crippen LogP contribution in [0.1, 0.15) is 71.6 Å². The summed E-state index contributed by atoms with van der Waals surface area (Å²) >= 11 is 0. The fourth-order valence-corrected chi connectivity index (χ4v) is 4.43. The lowest BCUT2D eigenvalue weighted by Crippen LogP contribution is -2.58. The van der Waals surface area contributed by atoms with Crippen molar-refractivity contribution in [3.05, 3.63) is 0 Å². The van der Waals surface area contributed by atoms with Crippen molar-refractivity contribution in [3.63, 3.8) is 0 Å². The summed E-state index contributed by atoms with van der Waals surface area (Å²) in [4.78, 5) is 5.51. The monoisotopic (exact) mass is 295 g/mol. The lowest BCUT2D eigenvalue weighted by atomic mass is 9.85. The number of nitrogens with two attached hydrogens (primary N) is 1. The van der Waals surface area contributed by atoms with Crippen LogP contribution in [0.4, 0.5) is 0 Å². The highest BCUT2D eigenvalue weighted by molar-refractivity contribution is 4.94. The quantitative estimate of drug-likeness (QED) is 0.782. The van der Waals surface area contributed by atoms with Crippen LogP contribution in [-0.2, 0) is 0 Å². The summed E-state index contributed by atoms with van der Waals surface area (Å²) in [5.74, 6) is 0. The Bertz CT molecular complexity index is 274. The average molecular weight is 296 g/mol. The Labute approximate surface area is 132 Å². The first-order valence-corrected chi connectivity index (χ1v) is 9.45. The Morgan fingerprint density at radius 2 is 1.67 bits per heavy atom. The molecule has 0 saturated carbocycles. The van der Waals surface area contributed by atoms with Crippen molar-refractivity contribution < 1.29 is 0 Å². The van der Waals surface area contributed by atoms with Gasteiger partial charge in [0.05, 0.1) is 0 Å². The van der Waals surface area contributed by atoms with E-state index in [0.29, 0.717) is 0 Å². The third-order valence-electron chi connectivity index (χ3n) is 6.08. The van der Waals surface area contributed by atoms with Gasteiger partial charge in [-0.2, -0.15) is 0 Å². The maximum absolute atomic E-state index is 6.22. The molecule has 1 unspecified atom stereocenters. The van der Waals surface area contributed by atoms with Gasteiger partial charge in [0.15, 0.2) is 0 Å². The topological polar surface area (TPSA) is 32.5 Å². The Morgan fingerprint density at radius 3 is 2.19 bits per heavy atom. The molecule has 0 spiro atoms. The van der Waals surface area contributed by atoms with Crippen LogP contribution in [0.15, 0.2) is 0 Å². The average Bonchev–Trinajstić information content (AvgIpc) is 2.58. The minimum atomic E-state index is 0.281. The van der Waals surface area contributed by atoms with Gasteiger partial charge >= 0.3 is 0 Å². The van der Waals surface area contributed by atoms with Gasteiger partial charge in [0, 0.05) is 31.2 Å². The zero-order valence-corrected chi connectivity index (χ0v) is 14.4. The van der Waals surface area contributed by atoms with Crippen LogP contribution in [0.2, 0.25) is 0 Å². The zero-order chi connectivity index (χ0) is 15.1. The molecule has 2 saturated heterocycles. The molecule has 0 aromatic carbocycles. The fraction of sp³-hybridized carbons (Fsp3) is 1.00. The van der Waals surface area contributed by atoms with Crippen LogP contribution >= 0.6 is 0 Å². The number of piperidine rings is 2. The number of unbranched alkanes of at least 4 members (excludes halogenated alkanes) is 1. The molecule has 0 bridgehead atoms. The maximum atomic E-state index is 6.22. The van der Waals surface area contributed by atoms with E-state index in [1.54, 1.807) is 0 Å². The van der Waals surface area contributed by atoms with Gasteiger partial charge in [-0.25, -0.2) is 0 Å². The normalized spacial score (nSPS) is 25.9. The van der Waals surface area contributed by atoms with E-state index < -0.39 is 0 Å². The third kappa shape index (κ3) is 4.20. The summed E-state index contributed by atoms with van der Waals surface area (Å²) in [6, 6.07) is 0.847. The van der Waals surface area contributed by atoms with Crippen molar-refractivity contribution in [2.24, 2.45) is 5.73 Å². The van der Waals surface area contributed by atoms with Crippen molar-refractivity contribution >= 4 is 0 Å². The predicted octanol–water partition coefficient (Wildman–Crippen LogP) is 3.23. The summed E-state index contributed by atoms with van der Waals surface area (Å²) in [5.41, 5.74) is 6.50. The molecule has 2 N–H and O–H groups in total. The molecule has 124 valence electrons. The number of nitrogens with zero attached hydrogens (tertiary/aromatic N) is 2. The van der Waals surface area contributed by atoms with Crippen molar-refractivity contribution in [1.29, 1.82) is 0 Å². The highest BCUT2D eigenvalue weighted by Crippen LogP contribution is 2.30. The van der Waals surface area contributed by atoms with Crippen molar-refractivity contribution in [2.45, 2.75) is 83.2 Å². The number of likely N-dealkylation sites (tertiary alicyclic amines) is 2. The molecule has 0 radical (unpaired) electrons. The molecule has 2 aliphatic heterocycles. The molecule has 2 rings (SSSR count). The zero-order valence-electron chi connectivity index (χ0n) is 14.4. The minimum absolute atomic E-state index is 0.281. The summed E-state index contributed by atoms with van der Waals surface area (Å²) in [6.07, 6.45) is 12.1. The minimum Gasteiger partial charge on any atom is -0.329 e. The molecule has 0 aliphatic carbocycles. The van der Waals surface area contributed by atoms with Crippen LogP contribution in [-0.4, -0.2) is 54.1 Å². The van der Waals surface area contributed by atoms with Gasteiger partial charge < -0.3 is 10.6 Å². The first-order valence-electron chi connectivity index (χ1n) is 9.45. The molecule has 0 aromatic heterocycles. The van der Waals surface area contributed by atoms with Gasteiger partial charge in [0.1, 0.15) is 0 Å². The summed E-state index contributed by atoms with van der Waals surface area (Å²) < 4.78 is 0. The van der Waals surface area contributed by atoms with Crippen molar-refractivity contribution in [1.82, 2.24) is 9.80 Å². The molecule has 3 nitrogen and oxygen atoms in total. The van der Waals surface area contributed by atoms with Crippen molar-refractivity contribution in [2.75, 3.05) is 32.7 Å². The van der Waals surface area contributed by atoms with E-state index in [-0.39, 0.29) is 5.54 Å². The first-order chi connectivity index (χ1) is 10.3. The Balaban J connectivity index is 1.88. The third-order valence-corrected chi connectivity index (χ3v) is 6.08. The van der Waals surface area contributed by atoms with Crippen LogP contribution < -0.4 is 5.73 Å². The van der Waals surface area contributed by atoms with Gasteiger partial charge in [-0.15, -0.1) is 0 Å².